The minimum absolute atomic E-state index is 0.191. The quantitative estimate of drug-likeness (QED) is 0.946. The first kappa shape index (κ1) is 14.5. The highest BCUT2D eigenvalue weighted by Crippen LogP contribution is 2.49. The number of aryl methyl sites for hydroxylation is 1. The minimum atomic E-state index is 0.191. The van der Waals surface area contributed by atoms with Gasteiger partial charge in [0, 0.05) is 36.8 Å². The first-order valence-corrected chi connectivity index (χ1v) is 8.57. The summed E-state index contributed by atoms with van der Waals surface area (Å²) in [5.41, 5.74) is 3.82. The second-order valence-corrected chi connectivity index (χ2v) is 6.94. The summed E-state index contributed by atoms with van der Waals surface area (Å²) >= 11 is 0. The van der Waals surface area contributed by atoms with E-state index >= 15 is 0 Å². The number of hydrogen-bond acceptors (Lipinski definition) is 2. The van der Waals surface area contributed by atoms with E-state index in [9.17, 15) is 4.79 Å². The zero-order valence-electron chi connectivity index (χ0n) is 13.5. The van der Waals surface area contributed by atoms with Crippen LogP contribution in [0.25, 0.3) is 0 Å². The number of aromatic amines is 1. The van der Waals surface area contributed by atoms with Gasteiger partial charge in [0.2, 0.25) is 5.91 Å². The van der Waals surface area contributed by atoms with Crippen LogP contribution in [0.3, 0.4) is 0 Å². The first-order valence-electron chi connectivity index (χ1n) is 8.57. The van der Waals surface area contributed by atoms with Gasteiger partial charge >= 0.3 is 0 Å². The summed E-state index contributed by atoms with van der Waals surface area (Å²) in [4.78, 5) is 15.0. The normalized spacial score (nSPS) is 27.0. The predicted molar refractivity (Wildman–Crippen MR) is 89.2 cm³/mol. The van der Waals surface area contributed by atoms with Crippen molar-refractivity contribution in [3.05, 3.63) is 53.3 Å². The van der Waals surface area contributed by atoms with Gasteiger partial charge in [-0.3, -0.25) is 9.89 Å². The maximum atomic E-state index is 12.9. The van der Waals surface area contributed by atoms with Crippen molar-refractivity contribution in [3.8, 4) is 0 Å². The molecule has 3 atom stereocenters. The Morgan fingerprint density at radius 1 is 1.30 bits per heavy atom. The van der Waals surface area contributed by atoms with Crippen molar-refractivity contribution >= 4 is 5.91 Å². The summed E-state index contributed by atoms with van der Waals surface area (Å²) in [6, 6.07) is 10.5. The van der Waals surface area contributed by atoms with Crippen LogP contribution in [0.5, 0.6) is 0 Å². The molecule has 4 heteroatoms. The smallest absolute Gasteiger partial charge is 0.226 e. The van der Waals surface area contributed by atoms with Gasteiger partial charge in [0.15, 0.2) is 0 Å². The summed E-state index contributed by atoms with van der Waals surface area (Å²) in [5.74, 6) is 1.38. The lowest BCUT2D eigenvalue weighted by Gasteiger charge is -2.32. The Labute approximate surface area is 136 Å². The zero-order valence-corrected chi connectivity index (χ0v) is 13.5. The van der Waals surface area contributed by atoms with Crippen LogP contribution in [-0.2, 0) is 4.79 Å². The molecule has 0 unspecified atom stereocenters. The molecule has 1 aromatic heterocycles. The van der Waals surface area contributed by atoms with Crippen molar-refractivity contribution < 1.29 is 4.79 Å². The van der Waals surface area contributed by atoms with Crippen molar-refractivity contribution in [2.24, 2.45) is 5.92 Å². The molecule has 1 aliphatic heterocycles. The Bertz CT molecular complexity index is 694. The van der Waals surface area contributed by atoms with E-state index in [1.807, 2.05) is 6.07 Å². The molecule has 4 rings (SSSR count). The summed E-state index contributed by atoms with van der Waals surface area (Å²) in [6.07, 6.45) is 5.02. The monoisotopic (exact) mass is 309 g/mol. The van der Waals surface area contributed by atoms with Crippen LogP contribution in [0.1, 0.15) is 47.9 Å². The number of nitrogens with zero attached hydrogens (tertiary/aromatic N) is 2. The van der Waals surface area contributed by atoms with Crippen LogP contribution < -0.4 is 0 Å². The maximum absolute atomic E-state index is 12.9. The zero-order chi connectivity index (χ0) is 15.8. The van der Waals surface area contributed by atoms with E-state index in [2.05, 4.69) is 46.3 Å². The third kappa shape index (κ3) is 2.78. The van der Waals surface area contributed by atoms with E-state index in [1.165, 1.54) is 11.1 Å². The maximum Gasteiger partial charge on any atom is 0.226 e. The molecule has 1 saturated carbocycles. The average Bonchev–Trinajstić information content (AvgIpc) is 3.17. The van der Waals surface area contributed by atoms with E-state index < -0.39 is 0 Å². The fraction of sp³-hybridized carbons (Fsp3) is 0.474. The predicted octanol–water partition coefficient (Wildman–Crippen LogP) is 3.23. The van der Waals surface area contributed by atoms with Gasteiger partial charge in [0.1, 0.15) is 0 Å². The number of carbonyl (C=O) groups excluding carboxylic acids is 1. The van der Waals surface area contributed by atoms with Crippen molar-refractivity contribution in [1.82, 2.24) is 15.1 Å². The largest absolute Gasteiger partial charge is 0.342 e. The van der Waals surface area contributed by atoms with Gasteiger partial charge in [-0.15, -0.1) is 0 Å². The summed E-state index contributed by atoms with van der Waals surface area (Å²) in [7, 11) is 0. The van der Waals surface area contributed by atoms with Crippen LogP contribution in [0, 0.1) is 12.8 Å². The SMILES string of the molecule is Cc1ccccc1[C@@H]1C[C@@H]1C(=O)N1CCC[C@H](c2ccn[nH]2)C1. The Kier molecular flexibility index (Phi) is 3.68. The van der Waals surface area contributed by atoms with Crippen molar-refractivity contribution in [2.75, 3.05) is 13.1 Å². The van der Waals surface area contributed by atoms with E-state index in [1.54, 1.807) is 6.20 Å². The number of H-pyrrole nitrogens is 1. The van der Waals surface area contributed by atoms with E-state index in [0.717, 1.165) is 38.0 Å². The lowest BCUT2D eigenvalue weighted by Crippen LogP contribution is -2.40. The highest BCUT2D eigenvalue weighted by Gasteiger charge is 2.46. The molecule has 120 valence electrons. The number of piperidine rings is 1. The third-order valence-corrected chi connectivity index (χ3v) is 5.39. The molecule has 23 heavy (non-hydrogen) atoms. The number of rotatable bonds is 3. The van der Waals surface area contributed by atoms with Gasteiger partial charge < -0.3 is 4.90 Å². The molecule has 1 amide bonds. The van der Waals surface area contributed by atoms with Crippen LogP contribution in [0.2, 0.25) is 0 Å². The molecule has 2 aromatic rings. The fourth-order valence-electron chi connectivity index (χ4n) is 3.97. The standard InChI is InChI=1S/C19H23N3O/c1-13-5-2-3-7-15(13)16-11-17(16)19(23)22-10-4-6-14(12-22)18-8-9-20-21-18/h2-3,5,7-9,14,16-17H,4,6,10-12H2,1H3,(H,20,21)/t14-,16-,17-/m0/s1. The van der Waals surface area contributed by atoms with E-state index in [4.69, 9.17) is 0 Å². The van der Waals surface area contributed by atoms with E-state index in [-0.39, 0.29) is 5.92 Å². The Hall–Kier alpha value is -2.10. The van der Waals surface area contributed by atoms with Gasteiger partial charge in [-0.2, -0.15) is 5.10 Å². The molecule has 1 aliphatic carbocycles. The molecular weight excluding hydrogens is 286 g/mol. The molecule has 0 spiro atoms. The molecule has 0 radical (unpaired) electrons. The third-order valence-electron chi connectivity index (χ3n) is 5.39. The van der Waals surface area contributed by atoms with Crippen LogP contribution in [-0.4, -0.2) is 34.1 Å². The van der Waals surface area contributed by atoms with E-state index in [0.29, 0.717) is 17.7 Å². The second-order valence-electron chi connectivity index (χ2n) is 6.94. The van der Waals surface area contributed by atoms with Crippen LogP contribution >= 0.6 is 0 Å². The van der Waals surface area contributed by atoms with Gasteiger partial charge in [-0.05, 0) is 49.3 Å². The number of aromatic nitrogens is 2. The summed E-state index contributed by atoms with van der Waals surface area (Å²) in [6.45, 7) is 3.88. The Morgan fingerprint density at radius 2 is 2.17 bits per heavy atom. The van der Waals surface area contributed by atoms with Crippen molar-refractivity contribution in [1.29, 1.82) is 0 Å². The molecule has 0 bridgehead atoms. The van der Waals surface area contributed by atoms with Gasteiger partial charge in [-0.1, -0.05) is 24.3 Å². The number of likely N-dealkylation sites (tertiary alicyclic amines) is 1. The number of benzene rings is 1. The first-order chi connectivity index (χ1) is 11.2. The Morgan fingerprint density at radius 3 is 2.96 bits per heavy atom. The van der Waals surface area contributed by atoms with Crippen molar-refractivity contribution in [3.63, 3.8) is 0 Å². The molecular formula is C19H23N3O. The molecule has 2 aliphatic rings. The molecule has 1 saturated heterocycles. The average molecular weight is 309 g/mol. The molecule has 1 N–H and O–H groups in total. The topological polar surface area (TPSA) is 49.0 Å². The highest BCUT2D eigenvalue weighted by molar-refractivity contribution is 5.83. The number of amides is 1. The highest BCUT2D eigenvalue weighted by atomic mass is 16.2. The number of hydrogen-bond donors (Lipinski definition) is 1. The second kappa shape index (κ2) is 5.84. The van der Waals surface area contributed by atoms with Crippen LogP contribution in [0.15, 0.2) is 36.5 Å². The summed E-state index contributed by atoms with van der Waals surface area (Å²) < 4.78 is 0. The van der Waals surface area contributed by atoms with Gasteiger partial charge in [0.05, 0.1) is 0 Å². The van der Waals surface area contributed by atoms with Gasteiger partial charge in [0.25, 0.3) is 0 Å². The fourth-order valence-corrected chi connectivity index (χ4v) is 3.97. The molecule has 4 nitrogen and oxygen atoms in total. The number of nitrogens with one attached hydrogen (secondary N) is 1. The van der Waals surface area contributed by atoms with Gasteiger partial charge in [-0.25, -0.2) is 0 Å². The lowest BCUT2D eigenvalue weighted by molar-refractivity contribution is -0.133. The van der Waals surface area contributed by atoms with Crippen molar-refractivity contribution in [2.45, 2.75) is 38.0 Å². The Balaban J connectivity index is 1.43. The summed E-state index contributed by atoms with van der Waals surface area (Å²) in [5, 5.41) is 7.11. The number of carbonyl (C=O) groups is 1. The van der Waals surface area contributed by atoms with Crippen LogP contribution in [0.4, 0.5) is 0 Å². The lowest BCUT2D eigenvalue weighted by atomic mass is 9.94. The molecule has 1 aromatic carbocycles. The molecule has 2 fully saturated rings. The minimum Gasteiger partial charge on any atom is -0.342 e. The molecule has 2 heterocycles.